The third-order valence-corrected chi connectivity index (χ3v) is 3.59. The van der Waals surface area contributed by atoms with Crippen LogP contribution in [0.3, 0.4) is 0 Å². The lowest BCUT2D eigenvalue weighted by molar-refractivity contribution is 0.0384. The first kappa shape index (κ1) is 14.8. The number of benzene rings is 1. The quantitative estimate of drug-likeness (QED) is 0.880. The summed E-state index contributed by atoms with van der Waals surface area (Å²) < 4.78 is 5.32. The van der Waals surface area contributed by atoms with Gasteiger partial charge in [-0.1, -0.05) is 6.07 Å². The molecule has 1 heterocycles. The Kier molecular flexibility index (Phi) is 4.98. The van der Waals surface area contributed by atoms with Gasteiger partial charge in [0, 0.05) is 33.7 Å². The van der Waals surface area contributed by atoms with Crippen LogP contribution in [0.2, 0.25) is 0 Å². The van der Waals surface area contributed by atoms with Crippen LogP contribution in [0.5, 0.6) is 0 Å². The van der Waals surface area contributed by atoms with E-state index in [4.69, 9.17) is 4.74 Å². The standard InChI is InChI=1S/C15H22N2O3/c1-16(2)14-4-3-12(11-13(14)15(18)19)5-6-17-7-9-20-10-8-17/h3-4,11H,5-10H2,1-2H3,(H,18,19). The Morgan fingerprint density at radius 2 is 2.05 bits per heavy atom. The molecule has 2 rings (SSSR count). The van der Waals surface area contributed by atoms with Crippen molar-refractivity contribution in [1.29, 1.82) is 0 Å². The fourth-order valence-electron chi connectivity index (χ4n) is 2.41. The Balaban J connectivity index is 2.04. The molecule has 1 aliphatic heterocycles. The molecule has 0 amide bonds. The van der Waals surface area contributed by atoms with Gasteiger partial charge < -0.3 is 14.7 Å². The lowest BCUT2D eigenvalue weighted by Gasteiger charge is -2.26. The molecule has 0 unspecified atom stereocenters. The van der Waals surface area contributed by atoms with Gasteiger partial charge in [-0.05, 0) is 24.1 Å². The van der Waals surface area contributed by atoms with Gasteiger partial charge in [-0.3, -0.25) is 4.90 Å². The SMILES string of the molecule is CN(C)c1ccc(CCN2CCOCC2)cc1C(=O)O. The molecule has 1 aromatic rings. The molecule has 1 aromatic carbocycles. The minimum Gasteiger partial charge on any atom is -0.478 e. The van der Waals surface area contributed by atoms with Crippen LogP contribution in [0.15, 0.2) is 18.2 Å². The van der Waals surface area contributed by atoms with Gasteiger partial charge in [-0.25, -0.2) is 4.79 Å². The van der Waals surface area contributed by atoms with Gasteiger partial charge in [-0.15, -0.1) is 0 Å². The summed E-state index contributed by atoms with van der Waals surface area (Å²) >= 11 is 0. The lowest BCUT2D eigenvalue weighted by atomic mass is 10.1. The first-order chi connectivity index (χ1) is 9.58. The number of hydrogen-bond acceptors (Lipinski definition) is 4. The average Bonchev–Trinajstić information content (AvgIpc) is 2.45. The summed E-state index contributed by atoms with van der Waals surface area (Å²) in [5, 5.41) is 9.30. The summed E-state index contributed by atoms with van der Waals surface area (Å²) in [6.45, 7) is 4.45. The maximum Gasteiger partial charge on any atom is 0.337 e. The average molecular weight is 278 g/mol. The molecule has 0 bridgehead atoms. The molecule has 110 valence electrons. The van der Waals surface area contributed by atoms with E-state index in [1.54, 1.807) is 6.07 Å². The molecule has 0 aromatic heterocycles. The normalized spacial score (nSPS) is 16.1. The van der Waals surface area contributed by atoms with E-state index in [0.29, 0.717) is 5.56 Å². The molecule has 5 nitrogen and oxygen atoms in total. The Hall–Kier alpha value is -1.59. The molecule has 5 heteroatoms. The number of anilines is 1. The number of aromatic carboxylic acids is 1. The van der Waals surface area contributed by atoms with Crippen molar-refractivity contribution in [3.05, 3.63) is 29.3 Å². The molecule has 20 heavy (non-hydrogen) atoms. The zero-order valence-electron chi connectivity index (χ0n) is 12.1. The molecular weight excluding hydrogens is 256 g/mol. The zero-order chi connectivity index (χ0) is 14.5. The highest BCUT2D eigenvalue weighted by Gasteiger charge is 2.14. The van der Waals surface area contributed by atoms with Crippen molar-refractivity contribution in [2.45, 2.75) is 6.42 Å². The molecule has 0 atom stereocenters. The van der Waals surface area contributed by atoms with Crippen LogP contribution < -0.4 is 4.90 Å². The van der Waals surface area contributed by atoms with Crippen LogP contribution in [-0.2, 0) is 11.2 Å². The molecule has 0 radical (unpaired) electrons. The molecule has 1 N–H and O–H groups in total. The van der Waals surface area contributed by atoms with E-state index in [2.05, 4.69) is 4.90 Å². The predicted octanol–water partition coefficient (Wildman–Crippen LogP) is 1.33. The third-order valence-electron chi connectivity index (χ3n) is 3.59. The highest BCUT2D eigenvalue weighted by Crippen LogP contribution is 2.20. The van der Waals surface area contributed by atoms with Gasteiger partial charge in [-0.2, -0.15) is 0 Å². The molecule has 0 spiro atoms. The van der Waals surface area contributed by atoms with E-state index < -0.39 is 5.97 Å². The minimum atomic E-state index is -0.873. The molecule has 0 saturated carbocycles. The maximum absolute atomic E-state index is 11.3. The number of carbonyl (C=O) groups is 1. The van der Waals surface area contributed by atoms with Crippen LogP contribution in [0.4, 0.5) is 5.69 Å². The first-order valence-electron chi connectivity index (χ1n) is 6.91. The van der Waals surface area contributed by atoms with Gasteiger partial charge in [0.15, 0.2) is 0 Å². The van der Waals surface area contributed by atoms with E-state index in [0.717, 1.165) is 50.5 Å². The van der Waals surface area contributed by atoms with Crippen molar-refractivity contribution >= 4 is 11.7 Å². The van der Waals surface area contributed by atoms with Crippen molar-refractivity contribution in [3.8, 4) is 0 Å². The summed E-state index contributed by atoms with van der Waals surface area (Å²) in [6, 6.07) is 5.69. The molecular formula is C15H22N2O3. The van der Waals surface area contributed by atoms with E-state index >= 15 is 0 Å². The smallest absolute Gasteiger partial charge is 0.337 e. The summed E-state index contributed by atoms with van der Waals surface area (Å²) in [5.74, 6) is -0.873. The van der Waals surface area contributed by atoms with Crippen LogP contribution in [0, 0.1) is 0 Å². The Labute approximate surface area is 119 Å². The summed E-state index contributed by atoms with van der Waals surface area (Å²) in [5.41, 5.74) is 2.18. The number of morpholine rings is 1. The maximum atomic E-state index is 11.3. The minimum absolute atomic E-state index is 0.370. The number of hydrogen-bond donors (Lipinski definition) is 1. The number of ether oxygens (including phenoxy) is 1. The fraction of sp³-hybridized carbons (Fsp3) is 0.533. The number of nitrogens with zero attached hydrogens (tertiary/aromatic N) is 2. The number of rotatable bonds is 5. The second kappa shape index (κ2) is 6.72. The molecule has 1 aliphatic rings. The predicted molar refractivity (Wildman–Crippen MR) is 78.7 cm³/mol. The van der Waals surface area contributed by atoms with Crippen molar-refractivity contribution in [1.82, 2.24) is 4.90 Å². The Morgan fingerprint density at radius 3 is 2.65 bits per heavy atom. The van der Waals surface area contributed by atoms with Crippen LogP contribution in [0.25, 0.3) is 0 Å². The Morgan fingerprint density at radius 1 is 1.35 bits per heavy atom. The number of carboxylic acid groups (broad SMARTS) is 1. The van der Waals surface area contributed by atoms with E-state index in [9.17, 15) is 9.90 Å². The van der Waals surface area contributed by atoms with Crippen LogP contribution >= 0.6 is 0 Å². The van der Waals surface area contributed by atoms with Crippen molar-refractivity contribution in [3.63, 3.8) is 0 Å². The summed E-state index contributed by atoms with van der Waals surface area (Å²) in [7, 11) is 3.71. The van der Waals surface area contributed by atoms with Gasteiger partial charge in [0.25, 0.3) is 0 Å². The van der Waals surface area contributed by atoms with Crippen LogP contribution in [0.1, 0.15) is 15.9 Å². The second-order valence-electron chi connectivity index (χ2n) is 5.26. The Bertz CT molecular complexity index is 468. The van der Waals surface area contributed by atoms with Gasteiger partial charge in [0.2, 0.25) is 0 Å². The summed E-state index contributed by atoms with van der Waals surface area (Å²) in [6.07, 6.45) is 0.869. The largest absolute Gasteiger partial charge is 0.478 e. The van der Waals surface area contributed by atoms with Crippen molar-refractivity contribution < 1.29 is 14.6 Å². The van der Waals surface area contributed by atoms with E-state index in [1.807, 2.05) is 31.1 Å². The van der Waals surface area contributed by atoms with Crippen molar-refractivity contribution in [2.75, 3.05) is 51.8 Å². The monoisotopic (exact) mass is 278 g/mol. The van der Waals surface area contributed by atoms with E-state index in [-0.39, 0.29) is 0 Å². The lowest BCUT2D eigenvalue weighted by Crippen LogP contribution is -2.37. The second-order valence-corrected chi connectivity index (χ2v) is 5.26. The van der Waals surface area contributed by atoms with Gasteiger partial charge in [0.1, 0.15) is 0 Å². The van der Waals surface area contributed by atoms with Crippen LogP contribution in [-0.4, -0.2) is 62.9 Å². The highest BCUT2D eigenvalue weighted by atomic mass is 16.5. The molecule has 0 aliphatic carbocycles. The first-order valence-corrected chi connectivity index (χ1v) is 6.91. The fourth-order valence-corrected chi connectivity index (χ4v) is 2.41. The molecule has 1 fully saturated rings. The van der Waals surface area contributed by atoms with Gasteiger partial charge >= 0.3 is 5.97 Å². The van der Waals surface area contributed by atoms with E-state index in [1.165, 1.54) is 0 Å². The van der Waals surface area contributed by atoms with Crippen molar-refractivity contribution in [2.24, 2.45) is 0 Å². The highest BCUT2D eigenvalue weighted by molar-refractivity contribution is 5.94. The topological polar surface area (TPSA) is 53.0 Å². The molecule has 1 saturated heterocycles. The number of carboxylic acids is 1. The zero-order valence-corrected chi connectivity index (χ0v) is 12.1. The summed E-state index contributed by atoms with van der Waals surface area (Å²) in [4.78, 5) is 15.5. The van der Waals surface area contributed by atoms with Gasteiger partial charge in [0.05, 0.1) is 24.5 Å². The third kappa shape index (κ3) is 3.71.